The van der Waals surface area contributed by atoms with Gasteiger partial charge in [-0.3, -0.25) is 14.4 Å². The Morgan fingerprint density at radius 3 is 1.82 bits per heavy atom. The molecule has 3 amide bonds. The van der Waals surface area contributed by atoms with Crippen molar-refractivity contribution in [1.82, 2.24) is 16.0 Å². The van der Waals surface area contributed by atoms with Crippen LogP contribution in [0.2, 0.25) is 0 Å². The van der Waals surface area contributed by atoms with Crippen LogP contribution in [0.15, 0.2) is 30.3 Å². The normalized spacial score (nSPS) is 16.5. The lowest BCUT2D eigenvalue weighted by Gasteiger charge is -2.27. The van der Waals surface area contributed by atoms with Crippen LogP contribution >= 0.6 is 0 Å². The molecule has 0 fully saturated rings. The second-order valence-corrected chi connectivity index (χ2v) is 8.78. The zero-order valence-corrected chi connectivity index (χ0v) is 19.9. The molecule has 0 heterocycles. The summed E-state index contributed by atoms with van der Waals surface area (Å²) in [6.45, 7) is 6.12. The van der Waals surface area contributed by atoms with Crippen LogP contribution in [0.4, 0.5) is 0 Å². The highest BCUT2D eigenvalue weighted by Crippen LogP contribution is 2.08. The predicted octanol–water partition coefficient (Wildman–Crippen LogP) is -1.10. The first kappa shape index (κ1) is 29.0. The van der Waals surface area contributed by atoms with Gasteiger partial charge in [0.1, 0.15) is 12.1 Å². The maximum Gasteiger partial charge on any atom is 0.328 e. The highest BCUT2D eigenvalue weighted by molar-refractivity contribution is 5.94. The van der Waals surface area contributed by atoms with Gasteiger partial charge in [0.15, 0.2) is 6.04 Å². The molecule has 6 unspecified atom stereocenters. The molecule has 0 aliphatic rings. The average Bonchev–Trinajstić information content (AvgIpc) is 2.74. The zero-order chi connectivity index (χ0) is 26.0. The first-order chi connectivity index (χ1) is 15.8. The lowest BCUT2D eigenvalue weighted by atomic mass is 10.0. The SMILES string of the molecule is CC(C)CC(NC(=O)C(NC(=O)C(N)Cc1ccccc1)C(C)O)C(=O)NC(C(=O)O)C(C)O. The summed E-state index contributed by atoms with van der Waals surface area (Å²) in [5.41, 5.74) is 6.78. The summed E-state index contributed by atoms with van der Waals surface area (Å²) >= 11 is 0. The van der Waals surface area contributed by atoms with Gasteiger partial charge in [-0.1, -0.05) is 44.2 Å². The van der Waals surface area contributed by atoms with Crippen molar-refractivity contribution >= 4 is 23.7 Å². The molecule has 0 aromatic heterocycles. The third-order valence-electron chi connectivity index (χ3n) is 5.08. The first-order valence-electron chi connectivity index (χ1n) is 11.1. The molecule has 11 nitrogen and oxygen atoms in total. The zero-order valence-electron chi connectivity index (χ0n) is 19.9. The number of nitrogens with one attached hydrogen (secondary N) is 3. The lowest BCUT2D eigenvalue weighted by molar-refractivity contribution is -0.145. The van der Waals surface area contributed by atoms with Crippen LogP contribution < -0.4 is 21.7 Å². The monoisotopic (exact) mass is 480 g/mol. The van der Waals surface area contributed by atoms with Crippen LogP contribution in [0.3, 0.4) is 0 Å². The molecule has 1 rings (SSSR count). The Bertz CT molecular complexity index is 830. The number of hydrogen-bond acceptors (Lipinski definition) is 7. The number of nitrogens with two attached hydrogens (primary N) is 1. The van der Waals surface area contributed by atoms with E-state index in [9.17, 15) is 34.5 Å². The van der Waals surface area contributed by atoms with Crippen molar-refractivity contribution in [3.63, 3.8) is 0 Å². The van der Waals surface area contributed by atoms with Gasteiger partial charge in [0, 0.05) is 0 Å². The highest BCUT2D eigenvalue weighted by Gasteiger charge is 2.33. The van der Waals surface area contributed by atoms with E-state index < -0.39 is 60.1 Å². The average molecular weight is 481 g/mol. The van der Waals surface area contributed by atoms with E-state index in [1.807, 2.05) is 6.07 Å². The van der Waals surface area contributed by atoms with Gasteiger partial charge in [-0.2, -0.15) is 0 Å². The summed E-state index contributed by atoms with van der Waals surface area (Å²) in [5.74, 6) is -3.80. The van der Waals surface area contributed by atoms with Crippen molar-refractivity contribution < 1.29 is 34.5 Å². The van der Waals surface area contributed by atoms with Crippen molar-refractivity contribution in [1.29, 1.82) is 0 Å². The van der Waals surface area contributed by atoms with E-state index in [-0.39, 0.29) is 18.8 Å². The van der Waals surface area contributed by atoms with E-state index in [2.05, 4.69) is 16.0 Å². The molecule has 1 aromatic rings. The molecule has 6 atom stereocenters. The topological polar surface area (TPSA) is 191 Å². The number of carboxylic acids is 1. The second-order valence-electron chi connectivity index (χ2n) is 8.78. The Labute approximate surface area is 199 Å². The number of carbonyl (C=O) groups excluding carboxylic acids is 3. The summed E-state index contributed by atoms with van der Waals surface area (Å²) in [4.78, 5) is 49.4. The van der Waals surface area contributed by atoms with Gasteiger partial charge in [0.25, 0.3) is 0 Å². The number of aliphatic hydroxyl groups is 2. The second kappa shape index (κ2) is 13.6. The Kier molecular flexibility index (Phi) is 11.6. The van der Waals surface area contributed by atoms with Crippen molar-refractivity contribution in [2.24, 2.45) is 11.7 Å². The minimum atomic E-state index is -1.57. The molecule has 0 aliphatic heterocycles. The number of rotatable bonds is 13. The third-order valence-corrected chi connectivity index (χ3v) is 5.08. The van der Waals surface area contributed by atoms with Crippen molar-refractivity contribution in [3.8, 4) is 0 Å². The molecule has 0 saturated heterocycles. The van der Waals surface area contributed by atoms with E-state index in [0.717, 1.165) is 5.56 Å². The van der Waals surface area contributed by atoms with Crippen LogP contribution in [0.5, 0.6) is 0 Å². The molecular weight excluding hydrogens is 444 g/mol. The van der Waals surface area contributed by atoms with E-state index >= 15 is 0 Å². The van der Waals surface area contributed by atoms with Gasteiger partial charge in [-0.25, -0.2) is 4.79 Å². The Morgan fingerprint density at radius 2 is 1.35 bits per heavy atom. The molecule has 190 valence electrons. The van der Waals surface area contributed by atoms with Gasteiger partial charge in [-0.05, 0) is 38.2 Å². The van der Waals surface area contributed by atoms with E-state index in [4.69, 9.17) is 5.73 Å². The molecule has 1 aromatic carbocycles. The molecule has 11 heteroatoms. The lowest BCUT2D eigenvalue weighted by Crippen LogP contribution is -2.60. The fourth-order valence-electron chi connectivity index (χ4n) is 3.23. The van der Waals surface area contributed by atoms with Crippen LogP contribution in [-0.2, 0) is 25.6 Å². The molecule has 0 aliphatic carbocycles. The molecule has 0 saturated carbocycles. The van der Waals surface area contributed by atoms with Crippen LogP contribution in [0.25, 0.3) is 0 Å². The summed E-state index contributed by atoms with van der Waals surface area (Å²) in [7, 11) is 0. The molecule has 0 bridgehead atoms. The smallest absolute Gasteiger partial charge is 0.328 e. The largest absolute Gasteiger partial charge is 0.480 e. The molecular formula is C23H36N4O7. The van der Waals surface area contributed by atoms with Gasteiger partial charge < -0.3 is 37.0 Å². The maximum atomic E-state index is 12.9. The van der Waals surface area contributed by atoms with Gasteiger partial charge in [0.05, 0.1) is 18.2 Å². The Balaban J connectivity index is 2.92. The summed E-state index contributed by atoms with van der Waals surface area (Å²) < 4.78 is 0. The summed E-state index contributed by atoms with van der Waals surface area (Å²) in [6, 6.07) is 3.93. The molecule has 34 heavy (non-hydrogen) atoms. The molecule has 8 N–H and O–H groups in total. The van der Waals surface area contributed by atoms with Crippen molar-refractivity contribution in [3.05, 3.63) is 35.9 Å². The van der Waals surface area contributed by atoms with Crippen LogP contribution in [0.1, 0.15) is 39.7 Å². The highest BCUT2D eigenvalue weighted by atomic mass is 16.4. The number of aliphatic hydroxyl groups excluding tert-OH is 2. The molecule has 0 spiro atoms. The standard InChI is InChI=1S/C23H36N4O7/c1-12(2)10-17(21(31)27-19(14(4)29)23(33)34)25-22(32)18(13(3)28)26-20(30)16(24)11-15-8-6-5-7-9-15/h5-9,12-14,16-19,28-29H,10-11,24H2,1-4H3,(H,25,32)(H,26,30)(H,27,31)(H,33,34). The number of carboxylic acid groups (broad SMARTS) is 1. The third kappa shape index (κ3) is 9.46. The summed E-state index contributed by atoms with van der Waals surface area (Å²) in [6.07, 6.45) is -2.31. The Hall–Kier alpha value is -3.02. The number of carbonyl (C=O) groups is 4. The van der Waals surface area contributed by atoms with Crippen molar-refractivity contribution in [2.75, 3.05) is 0 Å². The number of amides is 3. The maximum absolute atomic E-state index is 12.9. The fraction of sp³-hybridized carbons (Fsp3) is 0.565. The fourth-order valence-corrected chi connectivity index (χ4v) is 3.23. The van der Waals surface area contributed by atoms with E-state index in [1.54, 1.807) is 38.1 Å². The first-order valence-corrected chi connectivity index (χ1v) is 11.1. The predicted molar refractivity (Wildman–Crippen MR) is 124 cm³/mol. The summed E-state index contributed by atoms with van der Waals surface area (Å²) in [5, 5.41) is 36.0. The number of benzene rings is 1. The minimum Gasteiger partial charge on any atom is -0.480 e. The van der Waals surface area contributed by atoms with Crippen LogP contribution in [-0.4, -0.2) is 75.4 Å². The minimum absolute atomic E-state index is 0.0650. The van der Waals surface area contributed by atoms with Crippen molar-refractivity contribution in [2.45, 2.75) is 76.9 Å². The van der Waals surface area contributed by atoms with Gasteiger partial charge >= 0.3 is 5.97 Å². The van der Waals surface area contributed by atoms with E-state index in [0.29, 0.717) is 0 Å². The van der Waals surface area contributed by atoms with Gasteiger partial charge in [0.2, 0.25) is 17.7 Å². The molecule has 0 radical (unpaired) electrons. The quantitative estimate of drug-likeness (QED) is 0.185. The van der Waals surface area contributed by atoms with E-state index in [1.165, 1.54) is 13.8 Å². The van der Waals surface area contributed by atoms with Gasteiger partial charge in [-0.15, -0.1) is 0 Å². The Morgan fingerprint density at radius 1 is 0.824 bits per heavy atom. The number of hydrogen-bond donors (Lipinski definition) is 7. The van der Waals surface area contributed by atoms with Crippen LogP contribution in [0, 0.1) is 5.92 Å². The number of aliphatic carboxylic acids is 1.